The van der Waals surface area contributed by atoms with Crippen molar-refractivity contribution >= 4 is 17.8 Å². The molecule has 7 nitrogen and oxygen atoms in total. The van der Waals surface area contributed by atoms with Crippen molar-refractivity contribution in [2.45, 2.75) is 37.4 Å². The topological polar surface area (TPSA) is 122 Å². The molecule has 0 unspecified atom stereocenters. The Hall–Kier alpha value is -2.41. The quantitative estimate of drug-likeness (QED) is 0.536. The highest BCUT2D eigenvalue weighted by atomic mass is 16.4. The lowest BCUT2D eigenvalue weighted by Gasteiger charge is -2.24. The molecule has 1 heterocycles. The van der Waals surface area contributed by atoms with Crippen LogP contribution in [-0.4, -0.2) is 41.0 Å². The number of nitrogens with one attached hydrogen (secondary N) is 2. The largest absolute Gasteiger partial charge is 0.481 e. The summed E-state index contributed by atoms with van der Waals surface area (Å²) in [6.45, 7) is 0. The smallest absolute Gasteiger partial charge is 0.305 e. The van der Waals surface area contributed by atoms with E-state index >= 15 is 0 Å². The zero-order valence-corrected chi connectivity index (χ0v) is 12.0. The maximum Gasteiger partial charge on any atom is 0.305 e. The van der Waals surface area contributed by atoms with Gasteiger partial charge in [-0.3, -0.25) is 14.4 Å². The molecule has 3 atom stereocenters. The van der Waals surface area contributed by atoms with E-state index in [4.69, 9.17) is 10.8 Å². The minimum Gasteiger partial charge on any atom is -0.481 e. The molecule has 1 aromatic rings. The first kappa shape index (κ1) is 16.0. The van der Waals surface area contributed by atoms with Crippen molar-refractivity contribution in [1.29, 1.82) is 0 Å². The molecule has 1 saturated heterocycles. The summed E-state index contributed by atoms with van der Waals surface area (Å²) in [5.74, 6) is -1.76. The number of primary amides is 1. The standard InChI is InChI=1S/C15H19N3O4/c16-15(22)12(6-9-4-2-1-3-5-9)17-10-7-13(19)18-11(10)8-14(20)21/h1-5,10-12,17H,6-8H2,(H2,16,22)(H,18,19)(H,20,21)/t10-,11-,12+/m1/s1. The summed E-state index contributed by atoms with van der Waals surface area (Å²) in [4.78, 5) is 34.0. The van der Waals surface area contributed by atoms with E-state index in [0.29, 0.717) is 6.42 Å². The molecule has 1 fully saturated rings. The normalized spacial score (nSPS) is 22.1. The fourth-order valence-corrected chi connectivity index (χ4v) is 2.61. The highest BCUT2D eigenvalue weighted by Gasteiger charge is 2.35. The van der Waals surface area contributed by atoms with E-state index in [9.17, 15) is 14.4 Å². The predicted octanol–water partition coefficient (Wildman–Crippen LogP) is -0.596. The maximum atomic E-state index is 11.6. The van der Waals surface area contributed by atoms with E-state index in [2.05, 4.69) is 10.6 Å². The Balaban J connectivity index is 2.05. The molecule has 1 aromatic carbocycles. The van der Waals surface area contributed by atoms with Crippen LogP contribution in [0.25, 0.3) is 0 Å². The molecule has 0 radical (unpaired) electrons. The second-order valence-electron chi connectivity index (χ2n) is 5.39. The monoisotopic (exact) mass is 305 g/mol. The first-order chi connectivity index (χ1) is 10.5. The summed E-state index contributed by atoms with van der Waals surface area (Å²) >= 11 is 0. The minimum atomic E-state index is -1.00. The predicted molar refractivity (Wildman–Crippen MR) is 78.9 cm³/mol. The Kier molecular flexibility index (Phi) is 5.11. The van der Waals surface area contributed by atoms with Gasteiger partial charge in [-0.2, -0.15) is 0 Å². The van der Waals surface area contributed by atoms with Crippen LogP contribution in [0.4, 0.5) is 0 Å². The summed E-state index contributed by atoms with van der Waals surface area (Å²) < 4.78 is 0. The van der Waals surface area contributed by atoms with Crippen molar-refractivity contribution in [3.05, 3.63) is 35.9 Å². The zero-order chi connectivity index (χ0) is 16.1. The number of carboxylic acids is 1. The summed E-state index contributed by atoms with van der Waals surface area (Å²) in [6.07, 6.45) is 0.331. The van der Waals surface area contributed by atoms with Gasteiger partial charge in [-0.15, -0.1) is 0 Å². The zero-order valence-electron chi connectivity index (χ0n) is 12.0. The van der Waals surface area contributed by atoms with E-state index in [1.807, 2.05) is 30.3 Å². The number of hydrogen-bond donors (Lipinski definition) is 4. The van der Waals surface area contributed by atoms with E-state index < -0.39 is 30.0 Å². The number of amides is 2. The highest BCUT2D eigenvalue weighted by Crippen LogP contribution is 2.14. The first-order valence-electron chi connectivity index (χ1n) is 7.06. The molecule has 0 aromatic heterocycles. The lowest BCUT2D eigenvalue weighted by atomic mass is 10.0. The Morgan fingerprint density at radius 3 is 2.64 bits per heavy atom. The summed E-state index contributed by atoms with van der Waals surface area (Å²) in [5.41, 5.74) is 6.36. The molecule has 2 amide bonds. The summed E-state index contributed by atoms with van der Waals surface area (Å²) in [6, 6.07) is 7.74. The van der Waals surface area contributed by atoms with Crippen LogP contribution >= 0.6 is 0 Å². The molecule has 1 aliphatic rings. The average molecular weight is 305 g/mol. The third-order valence-corrected chi connectivity index (χ3v) is 3.67. The first-order valence-corrected chi connectivity index (χ1v) is 7.06. The van der Waals surface area contributed by atoms with Crippen LogP contribution in [0.1, 0.15) is 18.4 Å². The van der Waals surface area contributed by atoms with Gasteiger partial charge in [0.15, 0.2) is 0 Å². The molecule has 5 N–H and O–H groups in total. The van der Waals surface area contributed by atoms with Gasteiger partial charge < -0.3 is 21.5 Å². The molecule has 22 heavy (non-hydrogen) atoms. The Bertz CT molecular complexity index is 561. The molecule has 0 aliphatic carbocycles. The molecule has 0 saturated carbocycles. The number of benzene rings is 1. The van der Waals surface area contributed by atoms with E-state index in [1.54, 1.807) is 0 Å². The number of carboxylic acid groups (broad SMARTS) is 1. The van der Waals surface area contributed by atoms with Crippen LogP contribution in [0.2, 0.25) is 0 Å². The fraction of sp³-hybridized carbons (Fsp3) is 0.400. The van der Waals surface area contributed by atoms with Gasteiger partial charge in [0.2, 0.25) is 11.8 Å². The van der Waals surface area contributed by atoms with Crippen molar-refractivity contribution in [1.82, 2.24) is 10.6 Å². The molecule has 0 bridgehead atoms. The second kappa shape index (κ2) is 7.04. The second-order valence-corrected chi connectivity index (χ2v) is 5.39. The highest BCUT2D eigenvalue weighted by molar-refractivity contribution is 5.83. The molecule has 1 aliphatic heterocycles. The van der Waals surface area contributed by atoms with Gasteiger partial charge in [0.1, 0.15) is 0 Å². The lowest BCUT2D eigenvalue weighted by molar-refractivity contribution is -0.137. The van der Waals surface area contributed by atoms with Crippen molar-refractivity contribution in [2.24, 2.45) is 5.73 Å². The molecule has 7 heteroatoms. The fourth-order valence-electron chi connectivity index (χ4n) is 2.61. The van der Waals surface area contributed by atoms with E-state index in [1.165, 1.54) is 0 Å². The van der Waals surface area contributed by atoms with Gasteiger partial charge in [0, 0.05) is 12.5 Å². The van der Waals surface area contributed by atoms with Gasteiger partial charge in [0.25, 0.3) is 0 Å². The van der Waals surface area contributed by atoms with Crippen molar-refractivity contribution in [2.75, 3.05) is 0 Å². The SMILES string of the molecule is NC(=O)[C@H](Cc1ccccc1)N[C@@H]1CC(=O)N[C@@H]1CC(=O)O. The van der Waals surface area contributed by atoms with Gasteiger partial charge in [-0.1, -0.05) is 30.3 Å². The number of aliphatic carboxylic acids is 1. The molecular formula is C15H19N3O4. The summed E-state index contributed by atoms with van der Waals surface area (Å²) in [5, 5.41) is 14.5. The minimum absolute atomic E-state index is 0.135. The molecule has 0 spiro atoms. The third kappa shape index (κ3) is 4.29. The van der Waals surface area contributed by atoms with Crippen molar-refractivity contribution in [3.63, 3.8) is 0 Å². The number of nitrogens with two attached hydrogens (primary N) is 1. The Morgan fingerprint density at radius 1 is 1.36 bits per heavy atom. The van der Waals surface area contributed by atoms with Gasteiger partial charge in [0.05, 0.1) is 18.5 Å². The molecule has 2 rings (SSSR count). The number of hydrogen-bond acceptors (Lipinski definition) is 4. The van der Waals surface area contributed by atoms with Gasteiger partial charge in [-0.05, 0) is 12.0 Å². The van der Waals surface area contributed by atoms with E-state index in [-0.39, 0.29) is 18.7 Å². The Labute approximate surface area is 127 Å². The van der Waals surface area contributed by atoms with E-state index in [0.717, 1.165) is 5.56 Å². The summed E-state index contributed by atoms with van der Waals surface area (Å²) in [7, 11) is 0. The van der Waals surface area contributed by atoms with Crippen LogP contribution in [0.15, 0.2) is 30.3 Å². The molecule has 118 valence electrons. The van der Waals surface area contributed by atoms with Crippen molar-refractivity contribution in [3.8, 4) is 0 Å². The van der Waals surface area contributed by atoms with Gasteiger partial charge in [-0.25, -0.2) is 0 Å². The van der Waals surface area contributed by atoms with Crippen LogP contribution in [-0.2, 0) is 20.8 Å². The maximum absolute atomic E-state index is 11.6. The average Bonchev–Trinajstić information content (AvgIpc) is 2.78. The number of rotatable bonds is 7. The number of carbonyl (C=O) groups excluding carboxylic acids is 2. The van der Waals surface area contributed by atoms with Crippen LogP contribution in [0.3, 0.4) is 0 Å². The van der Waals surface area contributed by atoms with Crippen LogP contribution in [0, 0.1) is 0 Å². The third-order valence-electron chi connectivity index (χ3n) is 3.67. The Morgan fingerprint density at radius 2 is 2.05 bits per heavy atom. The van der Waals surface area contributed by atoms with Crippen LogP contribution < -0.4 is 16.4 Å². The lowest BCUT2D eigenvalue weighted by Crippen LogP contribution is -2.52. The van der Waals surface area contributed by atoms with Crippen LogP contribution in [0.5, 0.6) is 0 Å². The number of carbonyl (C=O) groups is 3. The molecular weight excluding hydrogens is 286 g/mol. The van der Waals surface area contributed by atoms with Crippen molar-refractivity contribution < 1.29 is 19.5 Å². The van der Waals surface area contributed by atoms with Gasteiger partial charge >= 0.3 is 5.97 Å².